The topological polar surface area (TPSA) is 17.1 Å². The van der Waals surface area contributed by atoms with E-state index in [9.17, 15) is 0 Å². The van der Waals surface area contributed by atoms with Crippen LogP contribution in [0.15, 0.2) is 42.5 Å². The molecule has 1 heteroatoms. The van der Waals surface area contributed by atoms with Gasteiger partial charge in [0, 0.05) is 0 Å². The van der Waals surface area contributed by atoms with Crippen molar-refractivity contribution in [3.05, 3.63) is 48.0 Å². The maximum absolute atomic E-state index is 8.81. The average Bonchev–Trinajstić information content (AvgIpc) is 2.19. The van der Waals surface area contributed by atoms with Gasteiger partial charge in [0.1, 0.15) is 6.29 Å². The van der Waals surface area contributed by atoms with E-state index < -0.39 is 0 Å². The normalized spacial score (nSPS) is 9.00. The van der Waals surface area contributed by atoms with Crippen LogP contribution in [0.5, 0.6) is 0 Å². The van der Waals surface area contributed by atoms with Crippen molar-refractivity contribution in [1.82, 2.24) is 0 Å². The lowest BCUT2D eigenvalue weighted by molar-refractivity contribution is -0.106. The first-order chi connectivity index (χ1) is 6.77. The van der Waals surface area contributed by atoms with Crippen LogP contribution in [0.1, 0.15) is 12.5 Å². The van der Waals surface area contributed by atoms with Crippen LogP contribution in [0, 0.1) is 6.92 Å². The van der Waals surface area contributed by atoms with Gasteiger partial charge in [-0.1, -0.05) is 48.0 Å². The molecule has 14 heavy (non-hydrogen) atoms. The number of hydrogen-bond donors (Lipinski definition) is 0. The first kappa shape index (κ1) is 10.5. The van der Waals surface area contributed by atoms with Crippen LogP contribution in [0.25, 0.3) is 10.8 Å². The van der Waals surface area contributed by atoms with Gasteiger partial charge >= 0.3 is 0 Å². The zero-order valence-corrected chi connectivity index (χ0v) is 8.53. The fourth-order valence-electron chi connectivity index (χ4n) is 1.31. The zero-order chi connectivity index (χ0) is 10.4. The molecular formula is C13H14O. The molecule has 0 amide bonds. The summed E-state index contributed by atoms with van der Waals surface area (Å²) in [6, 6.07) is 14.9. The van der Waals surface area contributed by atoms with Crippen molar-refractivity contribution in [2.75, 3.05) is 0 Å². The van der Waals surface area contributed by atoms with Crippen molar-refractivity contribution in [2.24, 2.45) is 0 Å². The highest BCUT2D eigenvalue weighted by molar-refractivity contribution is 5.82. The molecule has 0 aliphatic rings. The van der Waals surface area contributed by atoms with Gasteiger partial charge in [-0.15, -0.1) is 0 Å². The molecule has 0 aliphatic heterocycles. The van der Waals surface area contributed by atoms with E-state index in [2.05, 4.69) is 49.4 Å². The van der Waals surface area contributed by atoms with E-state index in [1.807, 2.05) is 0 Å². The molecule has 1 nitrogen and oxygen atoms in total. The molecule has 2 aromatic rings. The highest BCUT2D eigenvalue weighted by atomic mass is 16.1. The standard InChI is InChI=1S/C11H10.C2H4O/c1-9-6-7-10-4-2-3-5-11(10)8-9;1-2-3/h2-8H,1H3;2H,1H3. The predicted molar refractivity (Wildman–Crippen MR) is 60.4 cm³/mol. The Morgan fingerprint density at radius 3 is 2.21 bits per heavy atom. The Labute approximate surface area is 84.4 Å². The van der Waals surface area contributed by atoms with E-state index in [0.29, 0.717) is 0 Å². The van der Waals surface area contributed by atoms with E-state index in [1.165, 1.54) is 23.3 Å². The molecule has 0 saturated heterocycles. The summed E-state index contributed by atoms with van der Waals surface area (Å²) in [5.41, 5.74) is 1.32. The molecule has 0 spiro atoms. The van der Waals surface area contributed by atoms with Gasteiger partial charge in [0.05, 0.1) is 0 Å². The third-order valence-electron chi connectivity index (χ3n) is 1.90. The number of carbonyl (C=O) groups is 1. The smallest absolute Gasteiger partial charge is 0.116 e. The van der Waals surface area contributed by atoms with Gasteiger partial charge in [-0.05, 0) is 24.6 Å². The van der Waals surface area contributed by atoms with Gasteiger partial charge in [0.15, 0.2) is 0 Å². The van der Waals surface area contributed by atoms with Gasteiger partial charge in [-0.25, -0.2) is 0 Å². The molecule has 0 fully saturated rings. The fraction of sp³-hybridized carbons (Fsp3) is 0.154. The van der Waals surface area contributed by atoms with Crippen LogP contribution < -0.4 is 0 Å². The molecule has 2 rings (SSSR count). The summed E-state index contributed by atoms with van der Waals surface area (Å²) in [5, 5.41) is 2.64. The van der Waals surface area contributed by atoms with Crippen LogP contribution in [0.3, 0.4) is 0 Å². The van der Waals surface area contributed by atoms with Gasteiger partial charge in [0.25, 0.3) is 0 Å². The molecule has 0 unspecified atom stereocenters. The van der Waals surface area contributed by atoms with Gasteiger partial charge in [-0.2, -0.15) is 0 Å². The Hall–Kier alpha value is -1.63. The minimum Gasteiger partial charge on any atom is -0.304 e. The van der Waals surface area contributed by atoms with E-state index in [-0.39, 0.29) is 0 Å². The number of aldehydes is 1. The third-order valence-corrected chi connectivity index (χ3v) is 1.90. The van der Waals surface area contributed by atoms with Gasteiger partial charge in [-0.3, -0.25) is 0 Å². The van der Waals surface area contributed by atoms with Gasteiger partial charge in [0.2, 0.25) is 0 Å². The molecule has 0 aliphatic carbocycles. The van der Waals surface area contributed by atoms with Crippen molar-refractivity contribution >= 4 is 17.1 Å². The molecule has 0 saturated carbocycles. The average molecular weight is 186 g/mol. The molecule has 0 N–H and O–H groups in total. The number of hydrogen-bond acceptors (Lipinski definition) is 1. The van der Waals surface area contributed by atoms with Gasteiger partial charge < -0.3 is 4.79 Å². The van der Waals surface area contributed by atoms with Crippen LogP contribution in [0.4, 0.5) is 0 Å². The third kappa shape index (κ3) is 2.70. The lowest BCUT2D eigenvalue weighted by atomic mass is 10.1. The SMILES string of the molecule is CC=O.Cc1ccc2ccccc2c1. The first-order valence-corrected chi connectivity index (χ1v) is 4.63. The number of carbonyl (C=O) groups excluding carboxylic acids is 1. The quantitative estimate of drug-likeness (QED) is 0.576. The summed E-state index contributed by atoms with van der Waals surface area (Å²) in [6.07, 6.45) is 0.750. The van der Waals surface area contributed by atoms with Crippen LogP contribution in [0.2, 0.25) is 0 Å². The summed E-state index contributed by atoms with van der Waals surface area (Å²) < 4.78 is 0. The van der Waals surface area contributed by atoms with E-state index in [1.54, 1.807) is 0 Å². The van der Waals surface area contributed by atoms with E-state index >= 15 is 0 Å². The second-order valence-electron chi connectivity index (χ2n) is 3.09. The maximum Gasteiger partial charge on any atom is 0.116 e. The number of fused-ring (bicyclic) bond motifs is 1. The minimum absolute atomic E-state index is 0.750. The molecule has 72 valence electrons. The first-order valence-electron chi connectivity index (χ1n) is 4.63. The number of aryl methyl sites for hydroxylation is 1. The fourth-order valence-corrected chi connectivity index (χ4v) is 1.31. The monoisotopic (exact) mass is 186 g/mol. The highest BCUT2D eigenvalue weighted by Crippen LogP contribution is 2.14. The summed E-state index contributed by atoms with van der Waals surface area (Å²) in [5.74, 6) is 0. The molecule has 0 heterocycles. The Morgan fingerprint density at radius 2 is 1.57 bits per heavy atom. The molecular weight excluding hydrogens is 172 g/mol. The van der Waals surface area contributed by atoms with Crippen LogP contribution in [-0.2, 0) is 4.79 Å². The highest BCUT2D eigenvalue weighted by Gasteiger charge is 1.89. The van der Waals surface area contributed by atoms with E-state index in [4.69, 9.17) is 4.79 Å². The molecule has 2 aromatic carbocycles. The second-order valence-corrected chi connectivity index (χ2v) is 3.09. The minimum atomic E-state index is 0.750. The Bertz CT molecular complexity index is 418. The molecule has 0 bridgehead atoms. The van der Waals surface area contributed by atoms with Crippen molar-refractivity contribution in [3.8, 4) is 0 Å². The summed E-state index contributed by atoms with van der Waals surface area (Å²) in [4.78, 5) is 8.81. The summed E-state index contributed by atoms with van der Waals surface area (Å²) in [6.45, 7) is 3.56. The number of rotatable bonds is 0. The Morgan fingerprint density at radius 1 is 1.00 bits per heavy atom. The van der Waals surface area contributed by atoms with E-state index in [0.717, 1.165) is 6.29 Å². The van der Waals surface area contributed by atoms with Crippen molar-refractivity contribution in [3.63, 3.8) is 0 Å². The van der Waals surface area contributed by atoms with Crippen molar-refractivity contribution in [2.45, 2.75) is 13.8 Å². The summed E-state index contributed by atoms with van der Waals surface area (Å²) in [7, 11) is 0. The van der Waals surface area contributed by atoms with Crippen LogP contribution in [-0.4, -0.2) is 6.29 Å². The predicted octanol–water partition coefficient (Wildman–Crippen LogP) is 3.35. The maximum atomic E-state index is 8.81. The number of benzene rings is 2. The Balaban J connectivity index is 0.000000293. The summed E-state index contributed by atoms with van der Waals surface area (Å²) >= 11 is 0. The van der Waals surface area contributed by atoms with Crippen molar-refractivity contribution < 1.29 is 4.79 Å². The lowest BCUT2D eigenvalue weighted by Gasteiger charge is -1.96. The molecule has 0 aromatic heterocycles. The molecule has 0 atom stereocenters. The second kappa shape index (κ2) is 5.18. The lowest BCUT2D eigenvalue weighted by Crippen LogP contribution is -1.73. The largest absolute Gasteiger partial charge is 0.304 e. The zero-order valence-electron chi connectivity index (χ0n) is 8.53. The molecule has 0 radical (unpaired) electrons. The van der Waals surface area contributed by atoms with Crippen molar-refractivity contribution in [1.29, 1.82) is 0 Å². The Kier molecular flexibility index (Phi) is 3.86. The van der Waals surface area contributed by atoms with Crippen LogP contribution >= 0.6 is 0 Å².